The number of aryl methyl sites for hydroxylation is 2. The lowest BCUT2D eigenvalue weighted by molar-refractivity contribution is -0.126. The molecule has 0 saturated heterocycles. The first-order valence-electron chi connectivity index (χ1n) is 17.9. The van der Waals surface area contributed by atoms with Gasteiger partial charge in [0.15, 0.2) is 0 Å². The van der Waals surface area contributed by atoms with Gasteiger partial charge >= 0.3 is 0 Å². The minimum atomic E-state index is -0.589. The van der Waals surface area contributed by atoms with Crippen molar-refractivity contribution in [1.29, 1.82) is 0 Å². The first-order valence-corrected chi connectivity index (χ1v) is 17.9. The number of hydrogen-bond acceptors (Lipinski definition) is 6. The molecule has 2 rings (SSSR count). The summed E-state index contributed by atoms with van der Waals surface area (Å²) in [6.45, 7) is 8.09. The van der Waals surface area contributed by atoms with Crippen molar-refractivity contribution in [2.24, 2.45) is 11.8 Å². The lowest BCUT2D eigenvalue weighted by Crippen LogP contribution is -2.45. The molecule has 0 saturated carbocycles. The molecule has 0 aliphatic heterocycles. The van der Waals surface area contributed by atoms with E-state index in [0.717, 1.165) is 88.2 Å². The van der Waals surface area contributed by atoms with E-state index >= 15 is 0 Å². The third-order valence-electron chi connectivity index (χ3n) is 8.76. The fourth-order valence-electron chi connectivity index (χ4n) is 5.61. The van der Waals surface area contributed by atoms with Crippen molar-refractivity contribution in [3.8, 4) is 11.5 Å². The van der Waals surface area contributed by atoms with E-state index in [1.54, 1.807) is 25.1 Å². The van der Waals surface area contributed by atoms with Gasteiger partial charge in [0.1, 0.15) is 11.5 Å². The van der Waals surface area contributed by atoms with Crippen LogP contribution in [0.15, 0.2) is 36.4 Å². The van der Waals surface area contributed by atoms with Crippen LogP contribution in [0.2, 0.25) is 0 Å². The lowest BCUT2D eigenvalue weighted by Gasteiger charge is -2.18. The number of hydrogen-bond donors (Lipinski definition) is 6. The van der Waals surface area contributed by atoms with Gasteiger partial charge in [-0.2, -0.15) is 0 Å². The van der Waals surface area contributed by atoms with Crippen LogP contribution in [0.1, 0.15) is 149 Å². The Morgan fingerprint density at radius 3 is 1.50 bits per heavy atom. The molecule has 48 heavy (non-hydrogen) atoms. The smallest absolute Gasteiger partial charge is 0.273 e. The number of unbranched alkanes of at least 4 members (excludes halogenated alkanes) is 7. The third-order valence-corrected chi connectivity index (χ3v) is 8.76. The summed E-state index contributed by atoms with van der Waals surface area (Å²) in [6, 6.07) is 9.96. The van der Waals surface area contributed by atoms with Crippen LogP contribution in [0.3, 0.4) is 0 Å². The van der Waals surface area contributed by atoms with Crippen LogP contribution in [-0.2, 0) is 22.4 Å². The summed E-state index contributed by atoms with van der Waals surface area (Å²) in [7, 11) is 0. The van der Waals surface area contributed by atoms with Crippen molar-refractivity contribution in [1.82, 2.24) is 21.7 Å². The molecule has 2 unspecified atom stereocenters. The minimum absolute atomic E-state index is 0.109. The van der Waals surface area contributed by atoms with Crippen LogP contribution >= 0.6 is 0 Å². The molecule has 10 heteroatoms. The summed E-state index contributed by atoms with van der Waals surface area (Å²) in [4.78, 5) is 51.4. The van der Waals surface area contributed by atoms with Gasteiger partial charge < -0.3 is 10.2 Å². The molecule has 0 fully saturated rings. The molecule has 2 aromatic carbocycles. The summed E-state index contributed by atoms with van der Waals surface area (Å²) in [6.07, 6.45) is 14.4. The molecule has 266 valence electrons. The Hall–Kier alpha value is -4.08. The minimum Gasteiger partial charge on any atom is -0.507 e. The fraction of sp³-hybridized carbons (Fsp3) is 0.579. The number of carbonyl (C=O) groups excluding carboxylic acids is 4. The maximum Gasteiger partial charge on any atom is 0.273 e. The zero-order valence-corrected chi connectivity index (χ0v) is 29.5. The van der Waals surface area contributed by atoms with Gasteiger partial charge in [0.05, 0.1) is 11.1 Å². The maximum absolute atomic E-state index is 13.1. The lowest BCUT2D eigenvalue weighted by atomic mass is 9.92. The summed E-state index contributed by atoms with van der Waals surface area (Å²) < 4.78 is 0. The number of hydrazine groups is 2. The molecule has 0 radical (unpaired) electrons. The quantitative estimate of drug-likeness (QED) is 0.0612. The molecule has 0 aliphatic carbocycles. The van der Waals surface area contributed by atoms with E-state index in [2.05, 4.69) is 35.6 Å². The molecule has 4 amide bonds. The van der Waals surface area contributed by atoms with Gasteiger partial charge in [-0.15, -0.1) is 0 Å². The molecule has 6 N–H and O–H groups in total. The van der Waals surface area contributed by atoms with Crippen molar-refractivity contribution < 1.29 is 29.4 Å². The van der Waals surface area contributed by atoms with Gasteiger partial charge in [0.2, 0.25) is 11.8 Å². The van der Waals surface area contributed by atoms with Gasteiger partial charge in [-0.25, -0.2) is 0 Å². The van der Waals surface area contributed by atoms with Crippen LogP contribution in [0.25, 0.3) is 0 Å². The zero-order chi connectivity index (χ0) is 35.3. The molecule has 0 heterocycles. The van der Waals surface area contributed by atoms with E-state index in [0.29, 0.717) is 25.7 Å². The SMILES string of the molecule is CCCCCCc1ccc(O)c(C(=O)NNC(=O)C(C)CCCC(CCCC)C(=O)NNC(=O)c2cc(CCCCCC)ccc2O)c1. The standard InChI is InChI=1S/C38H58N4O6/c1-5-8-11-13-17-28-21-23-33(43)31(25-28)37(47)41-39-35(45)27(4)16-15-20-30(19-10-7-3)36(46)40-42-38(48)32-26-29(22-24-34(32)44)18-14-12-9-6-2/h21-27,30,43-44H,5-20H2,1-4H3,(H,39,45)(H,40,46)(H,41,47)(H,42,48). The normalized spacial score (nSPS) is 12.2. The topological polar surface area (TPSA) is 157 Å². The van der Waals surface area contributed by atoms with Crippen LogP contribution in [0.5, 0.6) is 11.5 Å². The zero-order valence-electron chi connectivity index (χ0n) is 29.5. The third kappa shape index (κ3) is 14.4. The monoisotopic (exact) mass is 666 g/mol. The summed E-state index contributed by atoms with van der Waals surface area (Å²) >= 11 is 0. The Kier molecular flexibility index (Phi) is 18.8. The van der Waals surface area contributed by atoms with Gasteiger partial charge in [-0.05, 0) is 80.3 Å². The number of nitrogens with one attached hydrogen (secondary N) is 4. The number of aromatic hydroxyl groups is 2. The van der Waals surface area contributed by atoms with Crippen molar-refractivity contribution in [3.05, 3.63) is 58.7 Å². The van der Waals surface area contributed by atoms with Crippen LogP contribution < -0.4 is 21.7 Å². The second-order valence-corrected chi connectivity index (χ2v) is 12.9. The Bertz CT molecular complexity index is 1310. The van der Waals surface area contributed by atoms with Crippen LogP contribution in [0.4, 0.5) is 0 Å². The molecule has 0 spiro atoms. The van der Waals surface area contributed by atoms with E-state index in [1.807, 2.05) is 13.0 Å². The summed E-state index contributed by atoms with van der Waals surface area (Å²) in [5.74, 6) is -2.95. The van der Waals surface area contributed by atoms with Gasteiger partial charge in [0, 0.05) is 11.8 Å². The van der Waals surface area contributed by atoms with Crippen molar-refractivity contribution in [3.63, 3.8) is 0 Å². The van der Waals surface area contributed by atoms with E-state index in [9.17, 15) is 29.4 Å². The number of rotatable bonds is 21. The first-order chi connectivity index (χ1) is 23.1. The van der Waals surface area contributed by atoms with Crippen LogP contribution in [-0.4, -0.2) is 33.8 Å². The van der Waals surface area contributed by atoms with E-state index in [-0.39, 0.29) is 40.4 Å². The highest BCUT2D eigenvalue weighted by molar-refractivity contribution is 5.98. The molecule has 0 bridgehead atoms. The predicted molar refractivity (Wildman–Crippen MR) is 189 cm³/mol. The number of amides is 4. The van der Waals surface area contributed by atoms with Crippen molar-refractivity contribution >= 4 is 23.6 Å². The molecular weight excluding hydrogens is 608 g/mol. The second kappa shape index (κ2) is 22.5. The number of phenols is 2. The number of phenolic OH excluding ortho intramolecular Hbond substituents is 2. The second-order valence-electron chi connectivity index (χ2n) is 12.9. The Balaban J connectivity index is 1.84. The van der Waals surface area contributed by atoms with E-state index < -0.39 is 17.7 Å². The van der Waals surface area contributed by atoms with Crippen LogP contribution in [0, 0.1) is 11.8 Å². The highest BCUT2D eigenvalue weighted by Gasteiger charge is 2.22. The Labute approximate surface area is 286 Å². The Morgan fingerprint density at radius 1 is 0.562 bits per heavy atom. The fourth-order valence-corrected chi connectivity index (χ4v) is 5.61. The van der Waals surface area contributed by atoms with Crippen molar-refractivity contribution in [2.75, 3.05) is 0 Å². The van der Waals surface area contributed by atoms with E-state index in [4.69, 9.17) is 0 Å². The molecule has 2 aromatic rings. The highest BCUT2D eigenvalue weighted by Crippen LogP contribution is 2.22. The molecule has 10 nitrogen and oxygen atoms in total. The Morgan fingerprint density at radius 2 is 1.02 bits per heavy atom. The average Bonchev–Trinajstić information content (AvgIpc) is 3.08. The van der Waals surface area contributed by atoms with Gasteiger partial charge in [-0.3, -0.25) is 40.9 Å². The number of carbonyl (C=O) groups is 4. The average molecular weight is 667 g/mol. The molecular formula is C38H58N4O6. The van der Waals surface area contributed by atoms with E-state index in [1.165, 1.54) is 12.1 Å². The first kappa shape index (κ1) is 40.1. The summed E-state index contributed by atoms with van der Waals surface area (Å²) in [5.41, 5.74) is 12.0. The largest absolute Gasteiger partial charge is 0.507 e. The van der Waals surface area contributed by atoms with Crippen molar-refractivity contribution in [2.45, 2.75) is 130 Å². The number of benzene rings is 2. The molecule has 0 aliphatic rings. The summed E-state index contributed by atoms with van der Waals surface area (Å²) in [5, 5.41) is 20.5. The van der Waals surface area contributed by atoms with Gasteiger partial charge in [0.25, 0.3) is 11.8 Å². The molecule has 2 atom stereocenters. The molecule has 0 aromatic heterocycles. The maximum atomic E-state index is 13.1. The predicted octanol–water partition coefficient (Wildman–Crippen LogP) is 7.18. The van der Waals surface area contributed by atoms with Gasteiger partial charge in [-0.1, -0.05) is 97.6 Å². The highest BCUT2D eigenvalue weighted by atomic mass is 16.3.